The molecule has 0 radical (unpaired) electrons. The molecule has 20 heavy (non-hydrogen) atoms. The number of hydrogen-bond donors (Lipinski definition) is 2. The van der Waals surface area contributed by atoms with Gasteiger partial charge in [0, 0.05) is 19.0 Å². The van der Waals surface area contributed by atoms with Crippen LogP contribution < -0.4 is 10.6 Å². The van der Waals surface area contributed by atoms with Gasteiger partial charge in [0.15, 0.2) is 5.69 Å². The van der Waals surface area contributed by atoms with Gasteiger partial charge in [0.05, 0.1) is 19.5 Å². The van der Waals surface area contributed by atoms with Crippen molar-refractivity contribution in [3.05, 3.63) is 18.1 Å². The first-order chi connectivity index (χ1) is 9.56. The molecule has 0 aliphatic carbocycles. The van der Waals surface area contributed by atoms with Crippen LogP contribution in [0.25, 0.3) is 0 Å². The molecule has 0 aliphatic rings. The molecule has 1 atom stereocenters. The maximum Gasteiger partial charge on any atom is 0.358 e. The van der Waals surface area contributed by atoms with Gasteiger partial charge in [-0.15, -0.1) is 0 Å². The van der Waals surface area contributed by atoms with Crippen LogP contribution in [0, 0.1) is 0 Å². The number of hydrogen-bond acceptors (Lipinski definition) is 6. The molecule has 0 aliphatic heterocycles. The summed E-state index contributed by atoms with van der Waals surface area (Å²) in [4.78, 5) is 30.6. The number of ether oxygens (including phenoxy) is 1. The molecule has 7 nitrogen and oxygen atoms in total. The van der Waals surface area contributed by atoms with E-state index in [9.17, 15) is 9.59 Å². The number of nitrogens with one attached hydrogen (secondary N) is 2. The average Bonchev–Trinajstić information content (AvgIpc) is 2.47. The molecule has 1 aromatic heterocycles. The predicted molar refractivity (Wildman–Crippen MR) is 74.4 cm³/mol. The molecule has 0 saturated heterocycles. The Hall–Kier alpha value is -2.18. The number of carbonyl (C=O) groups excluding carboxylic acids is 2. The van der Waals surface area contributed by atoms with Crippen LogP contribution >= 0.6 is 0 Å². The van der Waals surface area contributed by atoms with Gasteiger partial charge in [0.25, 0.3) is 0 Å². The monoisotopic (exact) mass is 280 g/mol. The van der Waals surface area contributed by atoms with Crippen molar-refractivity contribution in [2.75, 3.05) is 19.0 Å². The van der Waals surface area contributed by atoms with Gasteiger partial charge in [-0.05, 0) is 13.3 Å². The van der Waals surface area contributed by atoms with Crippen LogP contribution in [0.3, 0.4) is 0 Å². The van der Waals surface area contributed by atoms with Crippen molar-refractivity contribution in [2.24, 2.45) is 0 Å². The highest BCUT2D eigenvalue weighted by Gasteiger charge is 2.08. The normalized spacial score (nSPS) is 11.6. The Morgan fingerprint density at radius 3 is 2.65 bits per heavy atom. The molecule has 0 bridgehead atoms. The summed E-state index contributed by atoms with van der Waals surface area (Å²) in [5.74, 6) is -0.0306. The molecule has 1 heterocycles. The number of esters is 1. The maximum atomic E-state index is 11.5. The van der Waals surface area contributed by atoms with Crippen molar-refractivity contribution < 1.29 is 14.3 Å². The first-order valence-electron chi connectivity index (χ1n) is 6.50. The van der Waals surface area contributed by atoms with Crippen LogP contribution in [-0.4, -0.2) is 41.5 Å². The van der Waals surface area contributed by atoms with Gasteiger partial charge < -0.3 is 15.4 Å². The van der Waals surface area contributed by atoms with Crippen LogP contribution in [0.2, 0.25) is 0 Å². The van der Waals surface area contributed by atoms with E-state index in [-0.39, 0.29) is 17.6 Å². The number of methoxy groups -OCH3 is 1. The highest BCUT2D eigenvalue weighted by molar-refractivity contribution is 5.86. The van der Waals surface area contributed by atoms with E-state index in [0.29, 0.717) is 18.8 Å². The minimum Gasteiger partial charge on any atom is -0.464 e. The number of carbonyl (C=O) groups is 2. The number of aromatic nitrogens is 2. The van der Waals surface area contributed by atoms with E-state index in [1.807, 2.05) is 13.8 Å². The third-order valence-corrected chi connectivity index (χ3v) is 2.72. The molecule has 0 aromatic carbocycles. The molecule has 1 amide bonds. The quantitative estimate of drug-likeness (QED) is 0.723. The van der Waals surface area contributed by atoms with Gasteiger partial charge in [0.2, 0.25) is 5.91 Å². The third-order valence-electron chi connectivity index (χ3n) is 2.72. The second-order valence-electron chi connectivity index (χ2n) is 4.33. The van der Waals surface area contributed by atoms with Gasteiger partial charge in [-0.1, -0.05) is 6.92 Å². The summed E-state index contributed by atoms with van der Waals surface area (Å²) in [6.07, 6.45) is 4.01. The molecular formula is C13H20N4O3. The molecule has 7 heteroatoms. The fraction of sp³-hybridized carbons (Fsp3) is 0.538. The van der Waals surface area contributed by atoms with Crippen molar-refractivity contribution in [3.8, 4) is 0 Å². The van der Waals surface area contributed by atoms with E-state index in [2.05, 4.69) is 25.3 Å². The van der Waals surface area contributed by atoms with E-state index in [1.165, 1.54) is 19.5 Å². The molecule has 1 aromatic rings. The van der Waals surface area contributed by atoms with Crippen molar-refractivity contribution in [1.29, 1.82) is 0 Å². The summed E-state index contributed by atoms with van der Waals surface area (Å²) in [6, 6.07) is 0.182. The standard InChI is InChI=1S/C13H20N4O3/c1-4-9(2)17-12(18)5-6-14-11-8-15-10(7-16-11)13(19)20-3/h7-9H,4-6H2,1-3H3,(H,14,16)(H,17,18). The number of nitrogens with zero attached hydrogens (tertiary/aromatic N) is 2. The lowest BCUT2D eigenvalue weighted by Gasteiger charge is -2.11. The molecule has 0 spiro atoms. The van der Waals surface area contributed by atoms with Gasteiger partial charge in [-0.25, -0.2) is 14.8 Å². The van der Waals surface area contributed by atoms with Crippen LogP contribution in [0.15, 0.2) is 12.4 Å². The molecule has 1 unspecified atom stereocenters. The predicted octanol–water partition coefficient (Wildman–Crippen LogP) is 0.980. The van der Waals surface area contributed by atoms with E-state index in [4.69, 9.17) is 0 Å². The first kappa shape index (κ1) is 15.9. The second-order valence-corrected chi connectivity index (χ2v) is 4.33. The molecule has 1 rings (SSSR count). The van der Waals surface area contributed by atoms with Crippen molar-refractivity contribution in [3.63, 3.8) is 0 Å². The number of anilines is 1. The van der Waals surface area contributed by atoms with E-state index in [0.717, 1.165) is 6.42 Å². The van der Waals surface area contributed by atoms with E-state index in [1.54, 1.807) is 0 Å². The fourth-order valence-electron chi connectivity index (χ4n) is 1.38. The van der Waals surface area contributed by atoms with Crippen LogP contribution in [0.4, 0.5) is 5.82 Å². The van der Waals surface area contributed by atoms with Gasteiger partial charge in [-0.2, -0.15) is 0 Å². The minimum atomic E-state index is -0.531. The largest absolute Gasteiger partial charge is 0.464 e. The SMILES string of the molecule is CCC(C)NC(=O)CCNc1cnc(C(=O)OC)cn1. The zero-order chi connectivity index (χ0) is 15.0. The Kier molecular flexibility index (Phi) is 6.42. The summed E-state index contributed by atoms with van der Waals surface area (Å²) >= 11 is 0. The van der Waals surface area contributed by atoms with Crippen molar-refractivity contribution in [1.82, 2.24) is 15.3 Å². The summed E-state index contributed by atoms with van der Waals surface area (Å²) in [7, 11) is 1.28. The highest BCUT2D eigenvalue weighted by Crippen LogP contribution is 2.02. The topological polar surface area (TPSA) is 93.2 Å². The fourth-order valence-corrected chi connectivity index (χ4v) is 1.38. The lowest BCUT2D eigenvalue weighted by molar-refractivity contribution is -0.121. The van der Waals surface area contributed by atoms with Gasteiger partial charge in [0.1, 0.15) is 5.82 Å². The average molecular weight is 280 g/mol. The molecule has 110 valence electrons. The van der Waals surface area contributed by atoms with Crippen LogP contribution in [0.1, 0.15) is 37.2 Å². The number of rotatable bonds is 7. The Balaban J connectivity index is 2.35. The zero-order valence-corrected chi connectivity index (χ0v) is 12.0. The Morgan fingerprint density at radius 2 is 2.10 bits per heavy atom. The van der Waals surface area contributed by atoms with E-state index >= 15 is 0 Å². The Labute approximate surface area is 118 Å². The molecule has 0 saturated carbocycles. The summed E-state index contributed by atoms with van der Waals surface area (Å²) < 4.78 is 4.52. The zero-order valence-electron chi connectivity index (χ0n) is 12.0. The Bertz CT molecular complexity index is 447. The lowest BCUT2D eigenvalue weighted by Crippen LogP contribution is -2.33. The minimum absolute atomic E-state index is 0.00834. The summed E-state index contributed by atoms with van der Waals surface area (Å²) in [5, 5.41) is 5.84. The van der Waals surface area contributed by atoms with Gasteiger partial charge >= 0.3 is 5.97 Å². The summed E-state index contributed by atoms with van der Waals surface area (Å²) in [6.45, 7) is 4.43. The highest BCUT2D eigenvalue weighted by atomic mass is 16.5. The van der Waals surface area contributed by atoms with Crippen LogP contribution in [-0.2, 0) is 9.53 Å². The van der Waals surface area contributed by atoms with E-state index < -0.39 is 5.97 Å². The summed E-state index contributed by atoms with van der Waals surface area (Å²) in [5.41, 5.74) is 0.146. The van der Waals surface area contributed by atoms with Crippen molar-refractivity contribution in [2.45, 2.75) is 32.7 Å². The van der Waals surface area contributed by atoms with Crippen LogP contribution in [0.5, 0.6) is 0 Å². The maximum absolute atomic E-state index is 11.5. The molecule has 2 N–H and O–H groups in total. The second kappa shape index (κ2) is 8.08. The smallest absolute Gasteiger partial charge is 0.358 e. The first-order valence-corrected chi connectivity index (χ1v) is 6.50. The molecule has 0 fully saturated rings. The molecular weight excluding hydrogens is 260 g/mol. The number of amides is 1. The lowest BCUT2D eigenvalue weighted by atomic mass is 10.2. The third kappa shape index (κ3) is 5.21. The van der Waals surface area contributed by atoms with Crippen molar-refractivity contribution >= 4 is 17.7 Å². The Morgan fingerprint density at radius 1 is 1.35 bits per heavy atom. The van der Waals surface area contributed by atoms with Gasteiger partial charge in [-0.3, -0.25) is 4.79 Å².